The summed E-state index contributed by atoms with van der Waals surface area (Å²) in [4.78, 5) is 19.9. The molecule has 0 amide bonds. The van der Waals surface area contributed by atoms with Crippen molar-refractivity contribution in [2.24, 2.45) is 0 Å². The third-order valence-electron chi connectivity index (χ3n) is 9.38. The van der Waals surface area contributed by atoms with Gasteiger partial charge in [0.2, 0.25) is 0 Å². The molecule has 228 valence electrons. The highest BCUT2D eigenvalue weighted by molar-refractivity contribution is 6.18. The van der Waals surface area contributed by atoms with E-state index in [1.165, 1.54) is 5.39 Å². The van der Waals surface area contributed by atoms with E-state index in [1.807, 2.05) is 54.9 Å². The fraction of sp³-hybridized carbons (Fsp3) is 0. The first-order valence-corrected chi connectivity index (χ1v) is 16.3. The van der Waals surface area contributed by atoms with Crippen LogP contribution in [0.1, 0.15) is 0 Å². The minimum atomic E-state index is 0.586. The predicted octanol–water partition coefficient (Wildman–Crippen LogP) is 11.3. The number of hydrogen-bond donors (Lipinski definition) is 0. The molecule has 0 aliphatic rings. The first-order valence-electron chi connectivity index (χ1n) is 16.3. The zero-order valence-corrected chi connectivity index (χ0v) is 26.2. The molecule has 10 aromatic rings. The molecule has 0 fully saturated rings. The summed E-state index contributed by atoms with van der Waals surface area (Å²) >= 11 is 0. The van der Waals surface area contributed by atoms with Gasteiger partial charge in [-0.15, -0.1) is 0 Å². The summed E-state index contributed by atoms with van der Waals surface area (Å²) < 4.78 is 6.74. The van der Waals surface area contributed by atoms with Crippen molar-refractivity contribution >= 4 is 54.3 Å². The molecule has 0 saturated heterocycles. The van der Waals surface area contributed by atoms with Crippen LogP contribution in [0.5, 0.6) is 0 Å². The molecular formula is C44H26N4O. The van der Waals surface area contributed by atoms with Crippen molar-refractivity contribution in [3.05, 3.63) is 158 Å². The Hall–Kier alpha value is -6.72. The third kappa shape index (κ3) is 4.48. The smallest absolute Gasteiger partial charge is 0.164 e. The Labute approximate surface area is 281 Å². The number of hydrogen-bond acceptors (Lipinski definition) is 5. The summed E-state index contributed by atoms with van der Waals surface area (Å²) in [6.07, 6.45) is 3.70. The minimum absolute atomic E-state index is 0.586. The number of aromatic nitrogens is 4. The van der Waals surface area contributed by atoms with Crippen LogP contribution in [0.2, 0.25) is 0 Å². The lowest BCUT2D eigenvalue weighted by Gasteiger charge is -2.13. The molecule has 0 saturated carbocycles. The predicted molar refractivity (Wildman–Crippen MR) is 199 cm³/mol. The van der Waals surface area contributed by atoms with Crippen molar-refractivity contribution in [2.45, 2.75) is 0 Å². The van der Waals surface area contributed by atoms with E-state index in [0.717, 1.165) is 76.7 Å². The molecule has 0 N–H and O–H groups in total. The maximum Gasteiger partial charge on any atom is 0.164 e. The van der Waals surface area contributed by atoms with Gasteiger partial charge >= 0.3 is 0 Å². The van der Waals surface area contributed by atoms with Crippen molar-refractivity contribution in [1.29, 1.82) is 0 Å². The lowest BCUT2D eigenvalue weighted by molar-refractivity contribution is 0.670. The van der Waals surface area contributed by atoms with Crippen LogP contribution in [0, 0.1) is 0 Å². The molecule has 0 radical (unpaired) electrons. The number of rotatable bonds is 4. The van der Waals surface area contributed by atoms with Crippen LogP contribution in [0.3, 0.4) is 0 Å². The van der Waals surface area contributed by atoms with Crippen molar-refractivity contribution in [1.82, 2.24) is 19.9 Å². The Morgan fingerprint density at radius 3 is 1.88 bits per heavy atom. The molecule has 7 aromatic carbocycles. The van der Waals surface area contributed by atoms with Crippen LogP contribution < -0.4 is 0 Å². The van der Waals surface area contributed by atoms with Gasteiger partial charge in [0, 0.05) is 50.8 Å². The van der Waals surface area contributed by atoms with E-state index in [4.69, 9.17) is 19.4 Å². The number of furan rings is 1. The number of nitrogens with zero attached hydrogens (tertiary/aromatic N) is 4. The van der Waals surface area contributed by atoms with Crippen LogP contribution in [0.15, 0.2) is 162 Å². The largest absolute Gasteiger partial charge is 0.455 e. The molecule has 0 atom stereocenters. The molecule has 5 heteroatoms. The van der Waals surface area contributed by atoms with Gasteiger partial charge in [-0.2, -0.15) is 0 Å². The Balaban J connectivity index is 1.31. The molecule has 3 aromatic heterocycles. The van der Waals surface area contributed by atoms with Gasteiger partial charge in [-0.1, -0.05) is 109 Å². The van der Waals surface area contributed by atoms with E-state index in [0.29, 0.717) is 17.5 Å². The summed E-state index contributed by atoms with van der Waals surface area (Å²) in [7, 11) is 0. The second-order valence-electron chi connectivity index (χ2n) is 12.3. The molecule has 0 unspecified atom stereocenters. The summed E-state index contributed by atoms with van der Waals surface area (Å²) in [5.74, 6) is 1.82. The molecule has 0 spiro atoms. The second-order valence-corrected chi connectivity index (χ2v) is 12.3. The molecule has 3 heterocycles. The number of fused-ring (bicyclic) bond motifs is 7. The van der Waals surface area contributed by atoms with Crippen LogP contribution in [0.25, 0.3) is 99.5 Å². The standard InChI is InChI=1S/C44H26N4O/c1-3-11-27(12-4-1)33-19-20-36(40-38-23-29-21-22-45-26-31(29)25-39(38)49-41(33)40)43-46-42(28-13-5-2-6-14-28)47-44(48-43)37-24-30-15-7-8-16-32(30)34-17-9-10-18-35(34)37/h1-26H. The van der Waals surface area contributed by atoms with Crippen LogP contribution in [-0.4, -0.2) is 19.9 Å². The highest BCUT2D eigenvalue weighted by Gasteiger charge is 2.22. The van der Waals surface area contributed by atoms with Crippen molar-refractivity contribution in [2.75, 3.05) is 0 Å². The quantitative estimate of drug-likeness (QED) is 0.182. The monoisotopic (exact) mass is 626 g/mol. The van der Waals surface area contributed by atoms with Crippen molar-refractivity contribution < 1.29 is 4.42 Å². The van der Waals surface area contributed by atoms with Gasteiger partial charge in [0.25, 0.3) is 0 Å². The minimum Gasteiger partial charge on any atom is -0.455 e. The van der Waals surface area contributed by atoms with Crippen molar-refractivity contribution in [3.63, 3.8) is 0 Å². The Morgan fingerprint density at radius 1 is 0.408 bits per heavy atom. The fourth-order valence-electron chi connectivity index (χ4n) is 7.06. The van der Waals surface area contributed by atoms with Crippen LogP contribution >= 0.6 is 0 Å². The van der Waals surface area contributed by atoms with Gasteiger partial charge in [0.05, 0.1) is 0 Å². The molecule has 49 heavy (non-hydrogen) atoms. The number of pyridine rings is 1. The SMILES string of the molecule is c1ccc(-c2nc(-c3cc4ccccc4c4ccccc34)nc(-c3ccc(-c4ccccc4)c4oc5cc6cnccc6cc5c34)n2)cc1. The maximum absolute atomic E-state index is 6.74. The highest BCUT2D eigenvalue weighted by atomic mass is 16.3. The molecule has 10 rings (SSSR count). The summed E-state index contributed by atoms with van der Waals surface area (Å²) in [6.45, 7) is 0. The third-order valence-corrected chi connectivity index (χ3v) is 9.38. The van der Waals surface area contributed by atoms with Crippen LogP contribution in [-0.2, 0) is 0 Å². The van der Waals surface area contributed by atoms with E-state index in [9.17, 15) is 0 Å². The van der Waals surface area contributed by atoms with E-state index in [2.05, 4.69) is 108 Å². The van der Waals surface area contributed by atoms with Gasteiger partial charge in [0.1, 0.15) is 11.2 Å². The van der Waals surface area contributed by atoms with Gasteiger partial charge in [-0.3, -0.25) is 4.98 Å². The molecule has 5 nitrogen and oxygen atoms in total. The first-order chi connectivity index (χ1) is 24.3. The van der Waals surface area contributed by atoms with E-state index in [1.54, 1.807) is 0 Å². The zero-order chi connectivity index (χ0) is 32.3. The molecule has 0 aliphatic heterocycles. The van der Waals surface area contributed by atoms with Gasteiger partial charge in [-0.05, 0) is 68.9 Å². The lowest BCUT2D eigenvalue weighted by atomic mass is 9.96. The highest BCUT2D eigenvalue weighted by Crippen LogP contribution is 2.43. The average molecular weight is 627 g/mol. The normalized spacial score (nSPS) is 11.7. The molecule has 0 aliphatic carbocycles. The van der Waals surface area contributed by atoms with Crippen LogP contribution in [0.4, 0.5) is 0 Å². The molecule has 0 bridgehead atoms. The molecular weight excluding hydrogens is 601 g/mol. The summed E-state index contributed by atoms with van der Waals surface area (Å²) in [5, 5.41) is 8.67. The maximum atomic E-state index is 6.74. The van der Waals surface area contributed by atoms with Crippen molar-refractivity contribution in [3.8, 4) is 45.3 Å². The van der Waals surface area contributed by atoms with Gasteiger partial charge < -0.3 is 4.42 Å². The fourth-order valence-corrected chi connectivity index (χ4v) is 7.06. The Bertz CT molecular complexity index is 2880. The van der Waals surface area contributed by atoms with Gasteiger partial charge in [-0.25, -0.2) is 15.0 Å². The van der Waals surface area contributed by atoms with E-state index < -0.39 is 0 Å². The number of benzene rings is 7. The Morgan fingerprint density at radius 2 is 1.06 bits per heavy atom. The first kappa shape index (κ1) is 27.4. The average Bonchev–Trinajstić information content (AvgIpc) is 3.55. The van der Waals surface area contributed by atoms with E-state index >= 15 is 0 Å². The summed E-state index contributed by atoms with van der Waals surface area (Å²) in [6, 6.07) is 50.2. The topological polar surface area (TPSA) is 64.7 Å². The second kappa shape index (κ2) is 10.9. The zero-order valence-electron chi connectivity index (χ0n) is 26.2. The lowest BCUT2D eigenvalue weighted by Crippen LogP contribution is -2.01. The van der Waals surface area contributed by atoms with E-state index in [-0.39, 0.29) is 0 Å². The Kier molecular flexibility index (Phi) is 6.11. The van der Waals surface area contributed by atoms with Gasteiger partial charge in [0.15, 0.2) is 17.5 Å². The summed E-state index contributed by atoms with van der Waals surface area (Å²) in [5.41, 5.74) is 6.43.